The molecular weight excluding hydrogens is 283 g/mol. The van der Waals surface area contributed by atoms with Gasteiger partial charge in [-0.25, -0.2) is 12.8 Å². The van der Waals surface area contributed by atoms with E-state index in [1.807, 2.05) is 6.92 Å². The molecule has 0 aromatic heterocycles. The number of ether oxygens (including phenoxy) is 1. The third kappa shape index (κ3) is 2.79. The second-order valence-electron chi connectivity index (χ2n) is 5.09. The van der Waals surface area contributed by atoms with Gasteiger partial charge in [-0.1, -0.05) is 6.92 Å². The van der Waals surface area contributed by atoms with Crippen LogP contribution in [0, 0.1) is 11.7 Å². The molecule has 0 bridgehead atoms. The molecule has 5 nitrogen and oxygen atoms in total. The second-order valence-corrected chi connectivity index (χ2v) is 6.99. The molecule has 0 saturated carbocycles. The normalized spacial score (nSPS) is 24.8. The van der Waals surface area contributed by atoms with Crippen molar-refractivity contribution < 1.29 is 17.5 Å². The summed E-state index contributed by atoms with van der Waals surface area (Å²) in [5.74, 6) is -0.250. The van der Waals surface area contributed by atoms with E-state index in [0.717, 1.165) is 18.6 Å². The first-order valence-electron chi connectivity index (χ1n) is 6.44. The first-order valence-corrected chi connectivity index (χ1v) is 7.88. The summed E-state index contributed by atoms with van der Waals surface area (Å²) in [6, 6.07) is 3.33. The molecule has 1 saturated heterocycles. The quantitative estimate of drug-likeness (QED) is 0.858. The minimum absolute atomic E-state index is 0.0525. The summed E-state index contributed by atoms with van der Waals surface area (Å²) in [7, 11) is -2.14. The number of piperidine rings is 1. The van der Waals surface area contributed by atoms with Gasteiger partial charge < -0.3 is 10.5 Å². The van der Waals surface area contributed by atoms with Crippen LogP contribution in [-0.4, -0.2) is 39.0 Å². The smallest absolute Gasteiger partial charge is 0.245 e. The zero-order chi connectivity index (χ0) is 14.9. The maximum Gasteiger partial charge on any atom is 0.245 e. The number of nitrogen functional groups attached to an aromatic ring is 1. The van der Waals surface area contributed by atoms with Gasteiger partial charge in [0.05, 0.1) is 11.8 Å². The van der Waals surface area contributed by atoms with Gasteiger partial charge in [-0.05, 0) is 30.5 Å². The monoisotopic (exact) mass is 302 g/mol. The van der Waals surface area contributed by atoms with Gasteiger partial charge in [-0.2, -0.15) is 4.31 Å². The lowest BCUT2D eigenvalue weighted by molar-refractivity contribution is 0.0184. The number of nitrogens with zero attached hydrogens (tertiary/aromatic N) is 1. The first-order chi connectivity index (χ1) is 9.36. The number of rotatable bonds is 3. The fourth-order valence-electron chi connectivity index (χ4n) is 2.42. The lowest BCUT2D eigenvalue weighted by Crippen LogP contribution is -2.46. The molecule has 0 amide bonds. The van der Waals surface area contributed by atoms with Crippen LogP contribution in [0.5, 0.6) is 0 Å². The van der Waals surface area contributed by atoms with Gasteiger partial charge in [0.2, 0.25) is 10.0 Å². The van der Waals surface area contributed by atoms with Crippen molar-refractivity contribution >= 4 is 15.7 Å². The number of methoxy groups -OCH3 is 1. The van der Waals surface area contributed by atoms with E-state index in [0.29, 0.717) is 12.5 Å². The van der Waals surface area contributed by atoms with E-state index < -0.39 is 15.8 Å². The van der Waals surface area contributed by atoms with Crippen molar-refractivity contribution in [2.45, 2.75) is 24.3 Å². The van der Waals surface area contributed by atoms with Crippen LogP contribution in [0.2, 0.25) is 0 Å². The number of halogens is 1. The average Bonchev–Trinajstić information content (AvgIpc) is 2.38. The van der Waals surface area contributed by atoms with Crippen molar-refractivity contribution in [3.63, 3.8) is 0 Å². The molecular formula is C13H19FN2O3S. The van der Waals surface area contributed by atoms with Gasteiger partial charge in [-0.15, -0.1) is 0 Å². The summed E-state index contributed by atoms with van der Waals surface area (Å²) in [6.45, 7) is 2.74. The molecule has 1 aromatic carbocycles. The summed E-state index contributed by atoms with van der Waals surface area (Å²) < 4.78 is 44.8. The van der Waals surface area contributed by atoms with E-state index in [1.54, 1.807) is 7.11 Å². The van der Waals surface area contributed by atoms with Crippen LogP contribution >= 0.6 is 0 Å². The van der Waals surface area contributed by atoms with Gasteiger partial charge in [0.1, 0.15) is 10.7 Å². The third-order valence-electron chi connectivity index (χ3n) is 3.74. The van der Waals surface area contributed by atoms with Crippen LogP contribution in [-0.2, 0) is 14.8 Å². The molecule has 20 heavy (non-hydrogen) atoms. The Morgan fingerprint density at radius 3 is 2.75 bits per heavy atom. The van der Waals surface area contributed by atoms with Gasteiger partial charge in [0.15, 0.2) is 0 Å². The Hall–Kier alpha value is -1.18. The highest BCUT2D eigenvalue weighted by atomic mass is 32.2. The standard InChI is InChI=1S/C13H19FN2O3S/c1-9-5-6-16(8-12(9)19-2)20(17,18)13-4-3-10(14)7-11(13)15/h3-4,7,9,12H,5-6,8,15H2,1-2H3. The maximum atomic E-state index is 13.0. The topological polar surface area (TPSA) is 72.6 Å². The second kappa shape index (κ2) is 5.67. The zero-order valence-corrected chi connectivity index (χ0v) is 12.4. The fourth-order valence-corrected chi connectivity index (χ4v) is 3.99. The molecule has 112 valence electrons. The molecule has 2 rings (SSSR count). The number of benzene rings is 1. The number of sulfonamides is 1. The van der Waals surface area contributed by atoms with Gasteiger partial charge in [-0.3, -0.25) is 0 Å². The molecule has 0 aliphatic carbocycles. The fraction of sp³-hybridized carbons (Fsp3) is 0.538. The number of hydrogen-bond acceptors (Lipinski definition) is 4. The van der Waals surface area contributed by atoms with Crippen LogP contribution in [0.1, 0.15) is 13.3 Å². The summed E-state index contributed by atoms with van der Waals surface area (Å²) in [5, 5.41) is 0. The molecule has 1 aromatic rings. The Morgan fingerprint density at radius 2 is 2.15 bits per heavy atom. The first kappa shape index (κ1) is 15.2. The van der Waals surface area contributed by atoms with Gasteiger partial charge in [0, 0.05) is 20.2 Å². The molecule has 1 aliphatic heterocycles. The van der Waals surface area contributed by atoms with Crippen molar-refractivity contribution in [1.29, 1.82) is 0 Å². The molecule has 0 spiro atoms. The average molecular weight is 302 g/mol. The van der Waals surface area contributed by atoms with E-state index in [2.05, 4.69) is 0 Å². The highest BCUT2D eigenvalue weighted by molar-refractivity contribution is 7.89. The summed E-state index contributed by atoms with van der Waals surface area (Å²) in [5.41, 5.74) is 5.56. The predicted molar refractivity (Wildman–Crippen MR) is 74.1 cm³/mol. The number of nitrogens with two attached hydrogens (primary N) is 1. The van der Waals surface area contributed by atoms with Crippen LogP contribution in [0.3, 0.4) is 0 Å². The Morgan fingerprint density at radius 1 is 1.45 bits per heavy atom. The predicted octanol–water partition coefficient (Wildman–Crippen LogP) is 1.45. The Kier molecular flexibility index (Phi) is 4.31. The SMILES string of the molecule is COC1CN(S(=O)(=O)c2ccc(F)cc2N)CCC1C. The van der Waals surface area contributed by atoms with E-state index in [4.69, 9.17) is 10.5 Å². The van der Waals surface area contributed by atoms with E-state index >= 15 is 0 Å². The Labute approximate surface area is 118 Å². The summed E-state index contributed by atoms with van der Waals surface area (Å²) in [6.07, 6.45) is 0.582. The zero-order valence-electron chi connectivity index (χ0n) is 11.5. The molecule has 2 N–H and O–H groups in total. The van der Waals surface area contributed by atoms with E-state index in [1.165, 1.54) is 10.4 Å². The highest BCUT2D eigenvalue weighted by Gasteiger charge is 2.34. The van der Waals surface area contributed by atoms with Gasteiger partial charge >= 0.3 is 0 Å². The van der Waals surface area contributed by atoms with Crippen molar-refractivity contribution in [3.8, 4) is 0 Å². The largest absolute Gasteiger partial charge is 0.398 e. The van der Waals surface area contributed by atoms with Crippen LogP contribution in [0.25, 0.3) is 0 Å². The molecule has 0 radical (unpaired) electrons. The Balaban J connectivity index is 2.31. The summed E-state index contributed by atoms with van der Waals surface area (Å²) in [4.78, 5) is -0.0525. The molecule has 1 fully saturated rings. The lowest BCUT2D eigenvalue weighted by Gasteiger charge is -2.35. The molecule has 7 heteroatoms. The van der Waals surface area contributed by atoms with Crippen molar-refractivity contribution in [2.24, 2.45) is 5.92 Å². The minimum Gasteiger partial charge on any atom is -0.398 e. The third-order valence-corrected chi connectivity index (χ3v) is 5.68. The van der Waals surface area contributed by atoms with Crippen LogP contribution < -0.4 is 5.73 Å². The van der Waals surface area contributed by atoms with Gasteiger partial charge in [0.25, 0.3) is 0 Å². The maximum absolute atomic E-state index is 13.0. The molecule has 2 unspecified atom stereocenters. The molecule has 1 aliphatic rings. The van der Waals surface area contributed by atoms with Crippen LogP contribution in [0.4, 0.5) is 10.1 Å². The Bertz CT molecular complexity index is 591. The molecule has 2 atom stereocenters. The van der Waals surface area contributed by atoms with Crippen molar-refractivity contribution in [1.82, 2.24) is 4.31 Å². The van der Waals surface area contributed by atoms with Crippen molar-refractivity contribution in [2.75, 3.05) is 25.9 Å². The van der Waals surface area contributed by atoms with E-state index in [9.17, 15) is 12.8 Å². The van der Waals surface area contributed by atoms with E-state index in [-0.39, 0.29) is 23.2 Å². The summed E-state index contributed by atoms with van der Waals surface area (Å²) >= 11 is 0. The highest BCUT2D eigenvalue weighted by Crippen LogP contribution is 2.28. The molecule has 1 heterocycles. The number of anilines is 1. The minimum atomic E-state index is -3.71. The number of hydrogen-bond donors (Lipinski definition) is 1. The van der Waals surface area contributed by atoms with Crippen LogP contribution in [0.15, 0.2) is 23.1 Å². The van der Waals surface area contributed by atoms with Crippen molar-refractivity contribution in [3.05, 3.63) is 24.0 Å². The lowest BCUT2D eigenvalue weighted by atomic mass is 9.97.